The molecule has 0 saturated carbocycles. The van der Waals surface area contributed by atoms with Gasteiger partial charge in [0.1, 0.15) is 5.75 Å². The van der Waals surface area contributed by atoms with Gasteiger partial charge in [-0.05, 0) is 17.7 Å². The van der Waals surface area contributed by atoms with E-state index in [-0.39, 0.29) is 6.79 Å². The summed E-state index contributed by atoms with van der Waals surface area (Å²) < 4.78 is 11.0. The van der Waals surface area contributed by atoms with Crippen LogP contribution in [0.3, 0.4) is 0 Å². The average Bonchev–Trinajstić information content (AvgIpc) is 2.14. The van der Waals surface area contributed by atoms with Gasteiger partial charge in [-0.2, -0.15) is 0 Å². The monoisotopic (exact) mass is 342 g/mol. The molecule has 0 bridgehead atoms. The maximum absolute atomic E-state index is 6.03. The fourth-order valence-corrected chi connectivity index (χ4v) is 3.03. The van der Waals surface area contributed by atoms with Gasteiger partial charge in [-0.1, -0.05) is 43.5 Å². The van der Waals surface area contributed by atoms with Crippen LogP contribution in [0.2, 0.25) is 5.02 Å². The normalized spacial score (nSPS) is 10.3. The van der Waals surface area contributed by atoms with Crippen molar-refractivity contribution in [3.05, 3.63) is 27.2 Å². The van der Waals surface area contributed by atoms with Gasteiger partial charge in [-0.3, -0.25) is 0 Å². The van der Waals surface area contributed by atoms with E-state index in [1.54, 1.807) is 13.2 Å². The summed E-state index contributed by atoms with van der Waals surface area (Å²) in [5.41, 5.74) is 1.01. The standard InChI is InChI=1S/C9H9Br2ClO2/c1-13-5-14-6-2-8(11)7(4-10)9(12)3-6/h2-3H,4-5H2,1H3. The molecule has 0 atom stereocenters. The predicted octanol–water partition coefficient (Wildman–Crippen LogP) is 3.98. The van der Waals surface area contributed by atoms with E-state index in [1.165, 1.54) is 0 Å². The second kappa shape index (κ2) is 5.95. The van der Waals surface area contributed by atoms with Crippen molar-refractivity contribution >= 4 is 43.5 Å². The third-order valence-electron chi connectivity index (χ3n) is 1.59. The van der Waals surface area contributed by atoms with Crippen molar-refractivity contribution in [2.45, 2.75) is 5.33 Å². The third kappa shape index (κ3) is 3.12. The summed E-state index contributed by atoms with van der Waals surface area (Å²) in [6, 6.07) is 3.63. The van der Waals surface area contributed by atoms with Crippen molar-refractivity contribution in [3.8, 4) is 5.75 Å². The number of halogens is 3. The molecule has 1 rings (SSSR count). The van der Waals surface area contributed by atoms with Gasteiger partial charge in [-0.15, -0.1) is 0 Å². The summed E-state index contributed by atoms with van der Waals surface area (Å²) in [5, 5.41) is 1.37. The Balaban J connectivity index is 2.90. The lowest BCUT2D eigenvalue weighted by Gasteiger charge is -2.09. The zero-order valence-electron chi connectivity index (χ0n) is 7.52. The van der Waals surface area contributed by atoms with Crippen molar-refractivity contribution in [3.63, 3.8) is 0 Å². The van der Waals surface area contributed by atoms with Crippen LogP contribution in [-0.4, -0.2) is 13.9 Å². The molecule has 1 aromatic rings. The van der Waals surface area contributed by atoms with E-state index in [0.29, 0.717) is 16.1 Å². The highest BCUT2D eigenvalue weighted by Gasteiger charge is 2.07. The summed E-state index contributed by atoms with van der Waals surface area (Å²) in [5.74, 6) is 0.688. The molecule has 0 radical (unpaired) electrons. The number of hydrogen-bond acceptors (Lipinski definition) is 2. The fraction of sp³-hybridized carbons (Fsp3) is 0.333. The van der Waals surface area contributed by atoms with Gasteiger partial charge in [0.05, 0.1) is 0 Å². The summed E-state index contributed by atoms with van der Waals surface area (Å²) in [4.78, 5) is 0. The van der Waals surface area contributed by atoms with Gasteiger partial charge in [-0.25, -0.2) is 0 Å². The molecule has 0 spiro atoms. The van der Waals surface area contributed by atoms with Crippen LogP contribution < -0.4 is 4.74 Å². The largest absolute Gasteiger partial charge is 0.467 e. The number of alkyl halides is 1. The number of ether oxygens (including phenoxy) is 2. The Morgan fingerprint density at radius 3 is 2.64 bits per heavy atom. The van der Waals surface area contributed by atoms with Crippen LogP contribution in [-0.2, 0) is 10.1 Å². The SMILES string of the molecule is COCOc1cc(Cl)c(CBr)c(Br)c1. The fourth-order valence-electron chi connectivity index (χ4n) is 0.918. The lowest BCUT2D eigenvalue weighted by Crippen LogP contribution is -1.99. The molecular formula is C9H9Br2ClO2. The van der Waals surface area contributed by atoms with E-state index in [4.69, 9.17) is 21.1 Å². The summed E-state index contributed by atoms with van der Waals surface area (Å²) >= 11 is 12.8. The molecule has 5 heteroatoms. The van der Waals surface area contributed by atoms with Crippen LogP contribution in [0.4, 0.5) is 0 Å². The van der Waals surface area contributed by atoms with Gasteiger partial charge in [0.2, 0.25) is 0 Å². The number of methoxy groups -OCH3 is 1. The Morgan fingerprint density at radius 2 is 2.14 bits per heavy atom. The van der Waals surface area contributed by atoms with E-state index in [9.17, 15) is 0 Å². The van der Waals surface area contributed by atoms with Gasteiger partial charge in [0.25, 0.3) is 0 Å². The molecular weight excluding hydrogens is 335 g/mol. The molecule has 0 aromatic heterocycles. The first-order valence-electron chi connectivity index (χ1n) is 3.84. The van der Waals surface area contributed by atoms with E-state index < -0.39 is 0 Å². The highest BCUT2D eigenvalue weighted by molar-refractivity contribution is 9.10. The van der Waals surface area contributed by atoms with Crippen molar-refractivity contribution in [1.29, 1.82) is 0 Å². The molecule has 1 aromatic carbocycles. The van der Waals surface area contributed by atoms with E-state index >= 15 is 0 Å². The zero-order valence-corrected chi connectivity index (χ0v) is 11.4. The van der Waals surface area contributed by atoms with E-state index in [2.05, 4.69) is 31.9 Å². The molecule has 0 aliphatic rings. The highest BCUT2D eigenvalue weighted by Crippen LogP contribution is 2.31. The average molecular weight is 344 g/mol. The quantitative estimate of drug-likeness (QED) is 0.608. The third-order valence-corrected chi connectivity index (χ3v) is 3.20. The lowest BCUT2D eigenvalue weighted by atomic mass is 10.2. The molecule has 0 aliphatic heterocycles. The van der Waals surface area contributed by atoms with Crippen molar-refractivity contribution in [2.75, 3.05) is 13.9 Å². The smallest absolute Gasteiger partial charge is 0.188 e. The number of rotatable bonds is 4. The summed E-state index contributed by atoms with van der Waals surface area (Å²) in [6.45, 7) is 0.219. The molecule has 2 nitrogen and oxygen atoms in total. The molecule has 0 saturated heterocycles. The Kier molecular flexibility index (Phi) is 5.23. The van der Waals surface area contributed by atoms with E-state index in [0.717, 1.165) is 10.0 Å². The second-order valence-corrected chi connectivity index (χ2v) is 4.37. The molecule has 0 unspecified atom stereocenters. The Labute approximate surface area is 105 Å². The topological polar surface area (TPSA) is 18.5 Å². The van der Waals surface area contributed by atoms with Crippen LogP contribution >= 0.6 is 43.5 Å². The van der Waals surface area contributed by atoms with Gasteiger partial charge in [0, 0.05) is 21.9 Å². The van der Waals surface area contributed by atoms with Gasteiger partial charge >= 0.3 is 0 Å². The van der Waals surface area contributed by atoms with E-state index in [1.807, 2.05) is 6.07 Å². The first-order chi connectivity index (χ1) is 6.69. The first-order valence-corrected chi connectivity index (χ1v) is 6.14. The summed E-state index contributed by atoms with van der Waals surface area (Å²) in [6.07, 6.45) is 0. The van der Waals surface area contributed by atoms with Crippen LogP contribution in [0.15, 0.2) is 16.6 Å². The Hall–Kier alpha value is 0.230. The summed E-state index contributed by atoms with van der Waals surface area (Å²) in [7, 11) is 1.57. The molecule has 78 valence electrons. The molecule has 0 fully saturated rings. The van der Waals surface area contributed by atoms with Crippen LogP contribution in [0, 0.1) is 0 Å². The lowest BCUT2D eigenvalue weighted by molar-refractivity contribution is 0.0511. The van der Waals surface area contributed by atoms with Crippen LogP contribution in [0.1, 0.15) is 5.56 Å². The number of hydrogen-bond donors (Lipinski definition) is 0. The molecule has 0 heterocycles. The first kappa shape index (κ1) is 12.3. The second-order valence-electron chi connectivity index (χ2n) is 2.55. The molecule has 0 aliphatic carbocycles. The van der Waals surface area contributed by atoms with Gasteiger partial charge < -0.3 is 9.47 Å². The van der Waals surface area contributed by atoms with Crippen molar-refractivity contribution in [2.24, 2.45) is 0 Å². The molecule has 0 N–H and O–H groups in total. The van der Waals surface area contributed by atoms with Crippen LogP contribution in [0.25, 0.3) is 0 Å². The minimum Gasteiger partial charge on any atom is -0.467 e. The Bertz CT molecular complexity index is 295. The van der Waals surface area contributed by atoms with Gasteiger partial charge in [0.15, 0.2) is 6.79 Å². The maximum Gasteiger partial charge on any atom is 0.188 e. The number of benzene rings is 1. The zero-order chi connectivity index (χ0) is 10.6. The minimum atomic E-state index is 0.219. The minimum absolute atomic E-state index is 0.219. The maximum atomic E-state index is 6.03. The van der Waals surface area contributed by atoms with Crippen molar-refractivity contribution < 1.29 is 9.47 Å². The van der Waals surface area contributed by atoms with Crippen molar-refractivity contribution in [1.82, 2.24) is 0 Å². The predicted molar refractivity (Wildman–Crippen MR) is 64.3 cm³/mol. The highest BCUT2D eigenvalue weighted by atomic mass is 79.9. The Morgan fingerprint density at radius 1 is 1.43 bits per heavy atom. The molecule has 14 heavy (non-hydrogen) atoms. The molecule has 0 amide bonds. The van der Waals surface area contributed by atoms with Crippen LogP contribution in [0.5, 0.6) is 5.75 Å².